The Morgan fingerprint density at radius 2 is 1.48 bits per heavy atom. The van der Waals surface area contributed by atoms with Crippen molar-refractivity contribution < 1.29 is 28.1 Å². The van der Waals surface area contributed by atoms with Gasteiger partial charge in [0.2, 0.25) is 9.84 Å². The molecule has 0 amide bonds. The first-order valence-corrected chi connectivity index (χ1v) is 12.5. The number of aromatic nitrogens is 2. The van der Waals surface area contributed by atoms with Gasteiger partial charge in [-0.1, -0.05) is 23.2 Å². The molecule has 2 N–H and O–H groups in total. The Hall–Kier alpha value is -2.01. The number of alkyl halides is 1. The summed E-state index contributed by atoms with van der Waals surface area (Å²) in [7, 11) is -3.93. The molecule has 33 heavy (non-hydrogen) atoms. The predicted molar refractivity (Wildman–Crippen MR) is 124 cm³/mol. The largest absolute Gasteiger partial charge is 0.489 e. The van der Waals surface area contributed by atoms with Crippen LogP contribution >= 0.6 is 34.8 Å². The number of benzene rings is 2. The summed E-state index contributed by atoms with van der Waals surface area (Å²) in [6.07, 6.45) is 3.20. The first-order valence-electron chi connectivity index (χ1n) is 9.68. The van der Waals surface area contributed by atoms with Crippen molar-refractivity contribution in [2.75, 3.05) is 19.1 Å². The Morgan fingerprint density at radius 3 is 1.94 bits per heavy atom. The van der Waals surface area contributed by atoms with E-state index in [0.717, 1.165) is 0 Å². The van der Waals surface area contributed by atoms with Crippen LogP contribution in [-0.4, -0.2) is 59.5 Å². The van der Waals surface area contributed by atoms with E-state index in [-0.39, 0.29) is 57.0 Å². The average Bonchev–Trinajstić information content (AvgIpc) is 3.30. The lowest BCUT2D eigenvalue weighted by molar-refractivity contribution is 0.0925. The number of nitrogens with zero attached hydrogens (tertiary/aromatic N) is 2. The maximum atomic E-state index is 13.0. The molecule has 0 aliphatic heterocycles. The zero-order chi connectivity index (χ0) is 24.0. The van der Waals surface area contributed by atoms with Crippen LogP contribution < -0.4 is 9.47 Å². The van der Waals surface area contributed by atoms with Crippen molar-refractivity contribution >= 4 is 44.6 Å². The SMILES string of the molecule is O=S(=O)(c1ccc(OCC(O)CCl)c(Cl)c1)c1ccc(OC[C@H](O)Cn2ccnc2)c(Cl)c1. The number of ether oxygens (including phenoxy) is 2. The molecular formula is C21H21Cl3N2O6S. The highest BCUT2D eigenvalue weighted by molar-refractivity contribution is 7.91. The second-order valence-corrected chi connectivity index (χ2v) is 10.1. The van der Waals surface area contributed by atoms with Gasteiger partial charge in [-0.05, 0) is 36.4 Å². The van der Waals surface area contributed by atoms with Crippen LogP contribution in [0.25, 0.3) is 0 Å². The minimum absolute atomic E-state index is 0.00583. The van der Waals surface area contributed by atoms with Gasteiger partial charge in [0, 0.05) is 12.4 Å². The molecule has 1 unspecified atom stereocenters. The van der Waals surface area contributed by atoms with Crippen LogP contribution in [-0.2, 0) is 16.4 Å². The van der Waals surface area contributed by atoms with E-state index >= 15 is 0 Å². The van der Waals surface area contributed by atoms with E-state index in [9.17, 15) is 18.6 Å². The lowest BCUT2D eigenvalue weighted by Gasteiger charge is -2.15. The van der Waals surface area contributed by atoms with E-state index < -0.39 is 22.0 Å². The summed E-state index contributed by atoms with van der Waals surface area (Å²) in [4.78, 5) is 3.79. The lowest BCUT2D eigenvalue weighted by Crippen LogP contribution is -2.23. The second-order valence-electron chi connectivity index (χ2n) is 7.03. The van der Waals surface area contributed by atoms with E-state index in [4.69, 9.17) is 44.3 Å². The lowest BCUT2D eigenvalue weighted by atomic mass is 10.3. The van der Waals surface area contributed by atoms with Crippen LogP contribution in [0.3, 0.4) is 0 Å². The summed E-state index contributed by atoms with van der Waals surface area (Å²) < 4.78 is 38.6. The van der Waals surface area contributed by atoms with E-state index in [2.05, 4.69) is 4.98 Å². The van der Waals surface area contributed by atoms with Crippen LogP contribution in [0, 0.1) is 0 Å². The predicted octanol–water partition coefficient (Wildman–Crippen LogP) is 3.44. The second kappa shape index (κ2) is 11.4. The molecule has 3 rings (SSSR count). The molecule has 0 aliphatic rings. The molecule has 12 heteroatoms. The summed E-state index contributed by atoms with van der Waals surface area (Å²) in [5, 5.41) is 19.7. The van der Waals surface area contributed by atoms with E-state index in [1.54, 1.807) is 23.3 Å². The summed E-state index contributed by atoms with van der Waals surface area (Å²) in [5.74, 6) is 0.449. The van der Waals surface area contributed by atoms with Gasteiger partial charge < -0.3 is 24.3 Å². The highest BCUT2D eigenvalue weighted by Crippen LogP contribution is 2.33. The van der Waals surface area contributed by atoms with Gasteiger partial charge in [0.25, 0.3) is 0 Å². The molecule has 0 bridgehead atoms. The van der Waals surface area contributed by atoms with Gasteiger partial charge in [-0.25, -0.2) is 13.4 Å². The highest BCUT2D eigenvalue weighted by Gasteiger charge is 2.21. The molecule has 2 atom stereocenters. The summed E-state index contributed by atoms with van der Waals surface area (Å²) in [6, 6.07) is 8.04. The molecule has 1 heterocycles. The van der Waals surface area contributed by atoms with Gasteiger partial charge >= 0.3 is 0 Å². The molecule has 0 spiro atoms. The number of rotatable bonds is 11. The first kappa shape index (κ1) is 25.6. The van der Waals surface area contributed by atoms with Crippen molar-refractivity contribution in [1.82, 2.24) is 9.55 Å². The highest BCUT2D eigenvalue weighted by atomic mass is 35.5. The normalized spacial score (nSPS) is 13.5. The van der Waals surface area contributed by atoms with Crippen molar-refractivity contribution in [3.8, 4) is 11.5 Å². The molecular weight excluding hydrogens is 515 g/mol. The molecule has 0 saturated carbocycles. The fourth-order valence-corrected chi connectivity index (χ4v) is 4.78. The van der Waals surface area contributed by atoms with E-state index in [1.807, 2.05) is 0 Å². The third-order valence-electron chi connectivity index (χ3n) is 4.45. The average molecular weight is 536 g/mol. The minimum Gasteiger partial charge on any atom is -0.489 e. The van der Waals surface area contributed by atoms with Crippen LogP contribution in [0.4, 0.5) is 0 Å². The molecule has 3 aromatic rings. The molecule has 2 aromatic carbocycles. The third kappa shape index (κ3) is 6.75. The van der Waals surface area contributed by atoms with Crippen LogP contribution in [0.2, 0.25) is 10.0 Å². The summed E-state index contributed by atoms with van der Waals surface area (Å²) >= 11 is 17.9. The topological polar surface area (TPSA) is 111 Å². The van der Waals surface area contributed by atoms with Gasteiger partial charge in [0.1, 0.15) is 36.9 Å². The zero-order valence-electron chi connectivity index (χ0n) is 17.1. The third-order valence-corrected chi connectivity index (χ3v) is 7.14. The molecule has 0 radical (unpaired) electrons. The number of halogens is 3. The Labute approximate surface area is 206 Å². The molecule has 0 fully saturated rings. The maximum Gasteiger partial charge on any atom is 0.206 e. The summed E-state index contributed by atoms with van der Waals surface area (Å²) in [6.45, 7) is 0.165. The molecule has 0 saturated heterocycles. The van der Waals surface area contributed by atoms with Crippen molar-refractivity contribution in [2.24, 2.45) is 0 Å². The van der Waals surface area contributed by atoms with Gasteiger partial charge in [-0.2, -0.15) is 0 Å². The Kier molecular flexibility index (Phi) is 8.86. The maximum absolute atomic E-state index is 13.0. The zero-order valence-corrected chi connectivity index (χ0v) is 20.2. The van der Waals surface area contributed by atoms with Crippen LogP contribution in [0.15, 0.2) is 64.9 Å². The quantitative estimate of drug-likeness (QED) is 0.362. The standard InChI is InChI=1S/C21H21Cl3N2O6S/c22-9-14(27)11-31-20-3-1-16(7-18(20)23)33(29,30)17-2-4-21(19(24)8-17)32-12-15(28)10-26-6-5-25-13-26/h1-8,13-15,27-28H,9-12H2/t14?,15-/m1/s1. The van der Waals surface area contributed by atoms with Crippen molar-refractivity contribution in [1.29, 1.82) is 0 Å². The van der Waals surface area contributed by atoms with Gasteiger partial charge in [0.15, 0.2) is 0 Å². The minimum atomic E-state index is -3.93. The van der Waals surface area contributed by atoms with Crippen molar-refractivity contribution in [2.45, 2.75) is 28.5 Å². The fourth-order valence-electron chi connectivity index (χ4n) is 2.77. The Morgan fingerprint density at radius 1 is 0.939 bits per heavy atom. The Balaban J connectivity index is 1.69. The molecule has 0 aliphatic carbocycles. The number of hydrogen-bond donors (Lipinski definition) is 2. The van der Waals surface area contributed by atoms with Crippen LogP contribution in [0.5, 0.6) is 11.5 Å². The van der Waals surface area contributed by atoms with Gasteiger partial charge in [0.05, 0.1) is 38.6 Å². The first-order chi connectivity index (χ1) is 15.7. The summed E-state index contributed by atoms with van der Waals surface area (Å²) in [5.41, 5.74) is 0. The number of hydrogen-bond acceptors (Lipinski definition) is 7. The molecule has 8 nitrogen and oxygen atoms in total. The van der Waals surface area contributed by atoms with Crippen molar-refractivity contribution in [3.05, 3.63) is 65.2 Å². The van der Waals surface area contributed by atoms with Crippen LogP contribution in [0.1, 0.15) is 0 Å². The molecule has 1 aromatic heterocycles. The Bertz CT molecular complexity index is 1170. The van der Waals surface area contributed by atoms with Gasteiger partial charge in [-0.3, -0.25) is 0 Å². The monoisotopic (exact) mass is 534 g/mol. The number of aliphatic hydroxyl groups excluding tert-OH is 2. The number of aliphatic hydroxyl groups is 2. The fraction of sp³-hybridized carbons (Fsp3) is 0.286. The van der Waals surface area contributed by atoms with Crippen molar-refractivity contribution in [3.63, 3.8) is 0 Å². The smallest absolute Gasteiger partial charge is 0.206 e. The molecule has 178 valence electrons. The van der Waals surface area contributed by atoms with E-state index in [1.165, 1.54) is 36.4 Å². The number of sulfone groups is 1. The van der Waals surface area contributed by atoms with Gasteiger partial charge in [-0.15, -0.1) is 11.6 Å². The number of imidazole rings is 1. The van der Waals surface area contributed by atoms with E-state index in [0.29, 0.717) is 0 Å².